The Bertz CT molecular complexity index is 370. The Hall–Kier alpha value is -1.06. The maximum Gasteiger partial charge on any atom is 0.183 e. The van der Waals surface area contributed by atoms with Gasteiger partial charge in [0.2, 0.25) is 0 Å². The molecule has 1 atom stereocenters. The molecule has 18 heavy (non-hydrogen) atoms. The Morgan fingerprint density at radius 3 is 2.72 bits per heavy atom. The second kappa shape index (κ2) is 6.21. The highest BCUT2D eigenvalue weighted by Crippen LogP contribution is 2.30. The molecule has 0 saturated carbocycles. The highest BCUT2D eigenvalue weighted by molar-refractivity contribution is 5.29. The summed E-state index contributed by atoms with van der Waals surface area (Å²) < 4.78 is 16.7. The highest BCUT2D eigenvalue weighted by Gasteiger charge is 2.26. The summed E-state index contributed by atoms with van der Waals surface area (Å²) in [7, 11) is 1.65. The molecule has 1 heterocycles. The number of hydrogen-bond acceptors (Lipinski definition) is 3. The standard InChI is InChI=1S/C15H20O3/c1-4-11(2)13-9-17-15(18-10-13)12-6-5-7-14(8-12)16-3/h2,5-8,11,13,15H,4,9-10H2,1,3H3. The van der Waals surface area contributed by atoms with E-state index in [2.05, 4.69) is 6.92 Å². The average molecular weight is 248 g/mol. The van der Waals surface area contributed by atoms with Gasteiger partial charge in [0, 0.05) is 11.5 Å². The van der Waals surface area contributed by atoms with E-state index in [0.29, 0.717) is 13.2 Å². The van der Waals surface area contributed by atoms with Crippen molar-refractivity contribution in [2.75, 3.05) is 20.3 Å². The molecular formula is C15H20O3. The Balaban J connectivity index is 1.96. The smallest absolute Gasteiger partial charge is 0.183 e. The Morgan fingerprint density at radius 1 is 1.39 bits per heavy atom. The summed E-state index contributed by atoms with van der Waals surface area (Å²) in [5.74, 6) is 1.25. The molecule has 1 aliphatic rings. The van der Waals surface area contributed by atoms with Gasteiger partial charge < -0.3 is 14.2 Å². The van der Waals surface area contributed by atoms with Gasteiger partial charge in [-0.1, -0.05) is 25.5 Å². The van der Waals surface area contributed by atoms with Crippen LogP contribution < -0.4 is 4.74 Å². The summed E-state index contributed by atoms with van der Waals surface area (Å²) in [6, 6.07) is 7.75. The van der Waals surface area contributed by atoms with Crippen molar-refractivity contribution < 1.29 is 14.2 Å². The predicted octanol–water partition coefficient (Wildman–Crippen LogP) is 3.09. The van der Waals surface area contributed by atoms with Crippen LogP contribution in [0.4, 0.5) is 0 Å². The van der Waals surface area contributed by atoms with E-state index in [1.165, 1.54) is 0 Å². The third-order valence-electron chi connectivity index (χ3n) is 3.37. The van der Waals surface area contributed by atoms with Crippen LogP contribution >= 0.6 is 0 Å². The summed E-state index contributed by atoms with van der Waals surface area (Å²) in [6.45, 7) is 9.38. The van der Waals surface area contributed by atoms with Gasteiger partial charge in [0.1, 0.15) is 5.75 Å². The van der Waals surface area contributed by atoms with Crippen LogP contribution in [0.15, 0.2) is 24.3 Å². The monoisotopic (exact) mass is 248 g/mol. The summed E-state index contributed by atoms with van der Waals surface area (Å²) in [5, 5.41) is 0. The van der Waals surface area contributed by atoms with Crippen molar-refractivity contribution in [2.45, 2.75) is 19.6 Å². The second-order valence-electron chi connectivity index (χ2n) is 4.61. The lowest BCUT2D eigenvalue weighted by Crippen LogP contribution is -2.31. The summed E-state index contributed by atoms with van der Waals surface area (Å²) in [6.07, 6.45) is 0.640. The molecule has 98 valence electrons. The molecule has 3 heteroatoms. The molecule has 2 rings (SSSR count). The van der Waals surface area contributed by atoms with Gasteiger partial charge in [-0.2, -0.15) is 0 Å². The van der Waals surface area contributed by atoms with E-state index in [-0.39, 0.29) is 18.1 Å². The molecule has 1 aliphatic heterocycles. The van der Waals surface area contributed by atoms with E-state index in [0.717, 1.165) is 17.7 Å². The lowest BCUT2D eigenvalue weighted by molar-refractivity contribution is -0.210. The molecule has 3 nitrogen and oxygen atoms in total. The van der Waals surface area contributed by atoms with E-state index >= 15 is 0 Å². The number of methoxy groups -OCH3 is 1. The SMILES string of the molecule is [CH]C(CC)C1COC(c2cccc(OC)c2)OC1. The molecular weight excluding hydrogens is 228 g/mol. The van der Waals surface area contributed by atoms with Crippen LogP contribution in [-0.4, -0.2) is 20.3 Å². The van der Waals surface area contributed by atoms with E-state index in [1.807, 2.05) is 24.3 Å². The van der Waals surface area contributed by atoms with Crippen LogP contribution in [0.25, 0.3) is 0 Å². The summed E-state index contributed by atoms with van der Waals surface area (Å²) in [5.41, 5.74) is 0.984. The molecule has 0 spiro atoms. The van der Waals surface area contributed by atoms with E-state index in [4.69, 9.17) is 21.1 Å². The van der Waals surface area contributed by atoms with Crippen LogP contribution in [0.5, 0.6) is 5.75 Å². The molecule has 1 aromatic rings. The van der Waals surface area contributed by atoms with Gasteiger partial charge >= 0.3 is 0 Å². The second-order valence-corrected chi connectivity index (χ2v) is 4.61. The minimum Gasteiger partial charge on any atom is -0.497 e. The topological polar surface area (TPSA) is 27.7 Å². The first-order valence-electron chi connectivity index (χ1n) is 6.37. The van der Waals surface area contributed by atoms with E-state index in [1.54, 1.807) is 7.11 Å². The molecule has 1 fully saturated rings. The Labute approximate surface area is 109 Å². The minimum absolute atomic E-state index is 0.149. The fourth-order valence-corrected chi connectivity index (χ4v) is 2.08. The maximum absolute atomic E-state index is 6.00. The van der Waals surface area contributed by atoms with Crippen molar-refractivity contribution in [3.05, 3.63) is 36.8 Å². The number of ether oxygens (including phenoxy) is 3. The molecule has 2 radical (unpaired) electrons. The Morgan fingerprint density at radius 2 is 2.11 bits per heavy atom. The van der Waals surface area contributed by atoms with Gasteiger partial charge in [0.05, 0.1) is 20.3 Å². The third-order valence-corrected chi connectivity index (χ3v) is 3.37. The maximum atomic E-state index is 6.00. The van der Waals surface area contributed by atoms with Gasteiger partial charge in [-0.3, -0.25) is 0 Å². The fraction of sp³-hybridized carbons (Fsp3) is 0.533. The molecule has 0 N–H and O–H groups in total. The van der Waals surface area contributed by atoms with Crippen LogP contribution in [0.2, 0.25) is 0 Å². The van der Waals surface area contributed by atoms with Crippen molar-refractivity contribution in [2.24, 2.45) is 11.8 Å². The zero-order valence-corrected chi connectivity index (χ0v) is 11.0. The van der Waals surface area contributed by atoms with E-state index < -0.39 is 0 Å². The molecule has 0 bridgehead atoms. The van der Waals surface area contributed by atoms with Crippen molar-refractivity contribution >= 4 is 0 Å². The zero-order chi connectivity index (χ0) is 13.0. The third kappa shape index (κ3) is 3.03. The normalized spacial score (nSPS) is 25.7. The van der Waals surface area contributed by atoms with Crippen LogP contribution in [0.1, 0.15) is 25.2 Å². The van der Waals surface area contributed by atoms with E-state index in [9.17, 15) is 0 Å². The van der Waals surface area contributed by atoms with Crippen LogP contribution in [0, 0.1) is 18.8 Å². The van der Waals surface area contributed by atoms with Crippen molar-refractivity contribution in [3.63, 3.8) is 0 Å². The van der Waals surface area contributed by atoms with Gasteiger partial charge in [-0.15, -0.1) is 0 Å². The number of hydrogen-bond donors (Lipinski definition) is 0. The van der Waals surface area contributed by atoms with Gasteiger partial charge in [0.25, 0.3) is 0 Å². The van der Waals surface area contributed by atoms with Crippen LogP contribution in [-0.2, 0) is 9.47 Å². The molecule has 0 amide bonds. The number of rotatable bonds is 4. The first-order valence-corrected chi connectivity index (χ1v) is 6.37. The van der Waals surface area contributed by atoms with Crippen LogP contribution in [0.3, 0.4) is 0 Å². The zero-order valence-electron chi connectivity index (χ0n) is 11.0. The molecule has 1 aromatic carbocycles. The largest absolute Gasteiger partial charge is 0.497 e. The molecule has 0 aliphatic carbocycles. The van der Waals surface area contributed by atoms with Gasteiger partial charge in [0.15, 0.2) is 6.29 Å². The van der Waals surface area contributed by atoms with Gasteiger partial charge in [-0.05, 0) is 25.0 Å². The Kier molecular flexibility index (Phi) is 4.61. The van der Waals surface area contributed by atoms with Crippen molar-refractivity contribution in [1.29, 1.82) is 0 Å². The number of benzene rings is 1. The predicted molar refractivity (Wildman–Crippen MR) is 69.2 cm³/mol. The molecule has 1 unspecified atom stereocenters. The summed E-state index contributed by atoms with van der Waals surface area (Å²) >= 11 is 0. The molecule has 0 aromatic heterocycles. The first kappa shape index (κ1) is 13.4. The molecule has 1 saturated heterocycles. The lowest BCUT2D eigenvalue weighted by atomic mass is 9.93. The van der Waals surface area contributed by atoms with Crippen molar-refractivity contribution in [1.82, 2.24) is 0 Å². The fourth-order valence-electron chi connectivity index (χ4n) is 2.08. The average Bonchev–Trinajstić information content (AvgIpc) is 2.46. The quantitative estimate of drug-likeness (QED) is 0.819. The van der Waals surface area contributed by atoms with Gasteiger partial charge in [-0.25, -0.2) is 0 Å². The first-order chi connectivity index (χ1) is 8.74. The minimum atomic E-state index is -0.305. The highest BCUT2D eigenvalue weighted by atomic mass is 16.7. The lowest BCUT2D eigenvalue weighted by Gasteiger charge is -2.32. The van der Waals surface area contributed by atoms with Crippen molar-refractivity contribution in [3.8, 4) is 5.75 Å². The summed E-state index contributed by atoms with van der Waals surface area (Å²) in [4.78, 5) is 0.